The van der Waals surface area contributed by atoms with Gasteiger partial charge in [-0.15, -0.1) is 0 Å². The number of hydrogen-bond donors (Lipinski definition) is 0. The van der Waals surface area contributed by atoms with Crippen LogP contribution in [0.15, 0.2) is 0 Å². The molecular formula is C16H29NaO4. The Kier molecular flexibility index (Phi) is 19.9. The van der Waals surface area contributed by atoms with Crippen LogP contribution in [0.4, 0.5) is 0 Å². The molecule has 0 saturated heterocycles. The number of carboxylic acids is 1. The number of unbranched alkanes of at least 4 members (excludes halogenated alkanes) is 8. The number of rotatable bonds is 14. The van der Waals surface area contributed by atoms with E-state index in [1.807, 2.05) is 0 Å². The SMILES string of the molecule is CCCCCCCCCCCOC(=O)CCCC(=O)[O-].[Na+]. The third kappa shape index (κ3) is 19.9. The maximum absolute atomic E-state index is 11.2. The average molecular weight is 308 g/mol. The Morgan fingerprint density at radius 2 is 1.33 bits per heavy atom. The minimum absolute atomic E-state index is 0. The van der Waals surface area contributed by atoms with E-state index in [9.17, 15) is 14.7 Å². The van der Waals surface area contributed by atoms with Crippen molar-refractivity contribution in [2.45, 2.75) is 84.0 Å². The van der Waals surface area contributed by atoms with Crippen molar-refractivity contribution >= 4 is 11.9 Å². The van der Waals surface area contributed by atoms with Gasteiger partial charge in [0, 0.05) is 12.4 Å². The van der Waals surface area contributed by atoms with Gasteiger partial charge in [0.05, 0.1) is 6.61 Å². The van der Waals surface area contributed by atoms with Gasteiger partial charge in [0.2, 0.25) is 0 Å². The first kappa shape index (κ1) is 23.2. The van der Waals surface area contributed by atoms with Crippen molar-refractivity contribution in [3.63, 3.8) is 0 Å². The first-order valence-electron chi connectivity index (χ1n) is 8.02. The molecule has 0 aromatic rings. The normalized spacial score (nSPS) is 9.95. The molecule has 0 aliphatic rings. The molecule has 0 unspecified atom stereocenters. The minimum atomic E-state index is -1.11. The molecular weight excluding hydrogens is 279 g/mol. The van der Waals surface area contributed by atoms with Crippen LogP contribution in [0.1, 0.15) is 84.0 Å². The maximum atomic E-state index is 11.2. The van der Waals surface area contributed by atoms with Crippen LogP contribution in [0.25, 0.3) is 0 Å². The second kappa shape index (κ2) is 18.0. The molecule has 0 fully saturated rings. The van der Waals surface area contributed by atoms with Gasteiger partial charge in [-0.3, -0.25) is 4.79 Å². The zero-order valence-electron chi connectivity index (χ0n) is 13.8. The third-order valence-electron chi connectivity index (χ3n) is 3.27. The number of hydrogen-bond acceptors (Lipinski definition) is 4. The zero-order valence-corrected chi connectivity index (χ0v) is 15.8. The summed E-state index contributed by atoms with van der Waals surface area (Å²) in [4.78, 5) is 21.4. The fraction of sp³-hybridized carbons (Fsp3) is 0.875. The summed E-state index contributed by atoms with van der Waals surface area (Å²) >= 11 is 0. The maximum Gasteiger partial charge on any atom is 1.00 e. The van der Waals surface area contributed by atoms with E-state index in [0.29, 0.717) is 13.0 Å². The number of esters is 1. The van der Waals surface area contributed by atoms with E-state index in [-0.39, 0.29) is 48.4 Å². The monoisotopic (exact) mass is 308 g/mol. The van der Waals surface area contributed by atoms with Crippen LogP contribution >= 0.6 is 0 Å². The van der Waals surface area contributed by atoms with E-state index in [4.69, 9.17) is 4.74 Å². The summed E-state index contributed by atoms with van der Waals surface area (Å²) < 4.78 is 5.03. The van der Waals surface area contributed by atoms with Gasteiger partial charge in [-0.05, 0) is 19.3 Å². The Bertz CT molecular complexity index is 257. The fourth-order valence-electron chi connectivity index (χ4n) is 2.05. The molecule has 0 aromatic carbocycles. The van der Waals surface area contributed by atoms with E-state index >= 15 is 0 Å². The Morgan fingerprint density at radius 1 is 0.810 bits per heavy atom. The van der Waals surface area contributed by atoms with Gasteiger partial charge in [-0.1, -0.05) is 58.3 Å². The van der Waals surface area contributed by atoms with Crippen molar-refractivity contribution < 1.29 is 49.0 Å². The molecule has 0 spiro atoms. The van der Waals surface area contributed by atoms with Crippen LogP contribution in [0.2, 0.25) is 0 Å². The Balaban J connectivity index is 0. The summed E-state index contributed by atoms with van der Waals surface area (Å²) in [5.74, 6) is -1.41. The van der Waals surface area contributed by atoms with E-state index < -0.39 is 5.97 Å². The number of carbonyl (C=O) groups excluding carboxylic acids is 2. The molecule has 0 aliphatic carbocycles. The largest absolute Gasteiger partial charge is 1.00 e. The van der Waals surface area contributed by atoms with Crippen LogP contribution in [0.5, 0.6) is 0 Å². The predicted octanol–water partition coefficient (Wildman–Crippen LogP) is -0.0154. The molecule has 0 bridgehead atoms. The Labute approximate surface area is 151 Å². The summed E-state index contributed by atoms with van der Waals surface area (Å²) in [5.41, 5.74) is 0. The summed E-state index contributed by atoms with van der Waals surface area (Å²) in [6.45, 7) is 2.68. The van der Waals surface area contributed by atoms with Crippen molar-refractivity contribution in [1.82, 2.24) is 0 Å². The molecule has 0 N–H and O–H groups in total. The Hall–Kier alpha value is -0.0600. The molecule has 0 rings (SSSR count). The molecule has 0 heterocycles. The molecule has 4 nitrogen and oxygen atoms in total. The standard InChI is InChI=1S/C16H30O4.Na/c1-2-3-4-5-6-7-8-9-10-14-20-16(19)13-11-12-15(17)18;/h2-14H2,1H3,(H,17,18);/q;+1/p-1. The van der Waals surface area contributed by atoms with Crippen molar-refractivity contribution in [2.24, 2.45) is 0 Å². The molecule has 118 valence electrons. The molecule has 0 aromatic heterocycles. The van der Waals surface area contributed by atoms with Gasteiger partial charge in [-0.25, -0.2) is 0 Å². The van der Waals surface area contributed by atoms with Gasteiger partial charge >= 0.3 is 35.5 Å². The average Bonchev–Trinajstić information content (AvgIpc) is 2.40. The first-order valence-corrected chi connectivity index (χ1v) is 8.02. The van der Waals surface area contributed by atoms with Gasteiger partial charge in [0.15, 0.2) is 0 Å². The molecule has 5 heteroatoms. The molecule has 0 aliphatic heterocycles. The Morgan fingerprint density at radius 3 is 1.86 bits per heavy atom. The van der Waals surface area contributed by atoms with E-state index in [2.05, 4.69) is 6.92 Å². The van der Waals surface area contributed by atoms with Gasteiger partial charge in [0.25, 0.3) is 0 Å². The number of carboxylic acid groups (broad SMARTS) is 1. The second-order valence-electron chi connectivity index (χ2n) is 5.27. The third-order valence-corrected chi connectivity index (χ3v) is 3.27. The van der Waals surface area contributed by atoms with Gasteiger partial charge in [-0.2, -0.15) is 0 Å². The summed E-state index contributed by atoms with van der Waals surface area (Å²) in [5, 5.41) is 10.2. The summed E-state index contributed by atoms with van der Waals surface area (Å²) in [6.07, 6.45) is 11.5. The fourth-order valence-corrected chi connectivity index (χ4v) is 2.05. The summed E-state index contributed by atoms with van der Waals surface area (Å²) in [6, 6.07) is 0. The smallest absolute Gasteiger partial charge is 0.550 e. The van der Waals surface area contributed by atoms with Crippen LogP contribution in [-0.4, -0.2) is 18.5 Å². The second-order valence-corrected chi connectivity index (χ2v) is 5.27. The van der Waals surface area contributed by atoms with Crippen molar-refractivity contribution in [3.8, 4) is 0 Å². The van der Waals surface area contributed by atoms with Crippen LogP contribution < -0.4 is 34.7 Å². The zero-order chi connectivity index (χ0) is 15.1. The summed E-state index contributed by atoms with van der Waals surface area (Å²) in [7, 11) is 0. The molecule has 0 atom stereocenters. The number of aliphatic carboxylic acids is 1. The van der Waals surface area contributed by atoms with Crippen LogP contribution in [0.3, 0.4) is 0 Å². The van der Waals surface area contributed by atoms with Crippen molar-refractivity contribution in [3.05, 3.63) is 0 Å². The number of carbonyl (C=O) groups is 2. The number of ether oxygens (including phenoxy) is 1. The van der Waals surface area contributed by atoms with Crippen LogP contribution in [-0.2, 0) is 14.3 Å². The molecule has 21 heavy (non-hydrogen) atoms. The van der Waals surface area contributed by atoms with Gasteiger partial charge < -0.3 is 14.6 Å². The van der Waals surface area contributed by atoms with Crippen molar-refractivity contribution in [2.75, 3.05) is 6.61 Å². The molecule has 0 radical (unpaired) electrons. The van der Waals surface area contributed by atoms with Gasteiger partial charge in [0.1, 0.15) is 0 Å². The van der Waals surface area contributed by atoms with E-state index in [0.717, 1.165) is 12.8 Å². The first-order chi connectivity index (χ1) is 9.66. The van der Waals surface area contributed by atoms with Crippen molar-refractivity contribution in [1.29, 1.82) is 0 Å². The van der Waals surface area contributed by atoms with E-state index in [1.165, 1.54) is 44.9 Å². The quantitative estimate of drug-likeness (QED) is 0.257. The minimum Gasteiger partial charge on any atom is -0.550 e. The van der Waals surface area contributed by atoms with E-state index in [1.54, 1.807) is 0 Å². The molecule has 0 saturated carbocycles. The molecule has 0 amide bonds. The van der Waals surface area contributed by atoms with Crippen LogP contribution in [0, 0.1) is 0 Å². The predicted molar refractivity (Wildman–Crippen MR) is 77.0 cm³/mol. The topological polar surface area (TPSA) is 66.4 Å².